The van der Waals surface area contributed by atoms with Gasteiger partial charge in [-0.2, -0.15) is 0 Å². The monoisotopic (exact) mass is 416 g/mol. The van der Waals surface area contributed by atoms with Gasteiger partial charge in [-0.25, -0.2) is 0 Å². The highest BCUT2D eigenvalue weighted by Gasteiger charge is 2.01. The molecule has 0 unspecified atom stereocenters. The van der Waals surface area contributed by atoms with E-state index in [1.54, 1.807) is 0 Å². The van der Waals surface area contributed by atoms with Gasteiger partial charge in [-0.05, 0) is 38.5 Å². The topological polar surface area (TPSA) is 26.3 Å². The number of carbonyl (C=O) groups is 1. The van der Waals surface area contributed by atoms with Crippen LogP contribution in [-0.2, 0) is 9.53 Å². The van der Waals surface area contributed by atoms with Crippen LogP contribution < -0.4 is 0 Å². The first-order chi connectivity index (χ1) is 12.3. The molecule has 0 atom stereocenters. The number of hydrogen-bond acceptors (Lipinski definition) is 2. The Labute approximate surface area is 165 Å². The van der Waals surface area contributed by atoms with E-state index in [0.29, 0.717) is 13.0 Å². The fourth-order valence-electron chi connectivity index (χ4n) is 2.82. The number of esters is 1. The molecule has 148 valence electrons. The van der Waals surface area contributed by atoms with Crippen LogP contribution in [0.5, 0.6) is 0 Å². The fourth-order valence-corrected chi connectivity index (χ4v) is 3.10. The molecule has 0 rings (SSSR count). The molecule has 0 aromatic heterocycles. The van der Waals surface area contributed by atoms with Gasteiger partial charge in [0, 0.05) is 11.8 Å². The quantitative estimate of drug-likeness (QED) is 0.0930. The van der Waals surface area contributed by atoms with Crippen molar-refractivity contribution in [2.24, 2.45) is 0 Å². The van der Waals surface area contributed by atoms with Gasteiger partial charge in [-0.15, -0.1) is 0 Å². The third-order valence-electron chi connectivity index (χ3n) is 4.43. The van der Waals surface area contributed by atoms with Gasteiger partial charge >= 0.3 is 5.97 Å². The Hall–Kier alpha value is -0.310. The summed E-state index contributed by atoms with van der Waals surface area (Å²) in [6, 6.07) is 0. The Kier molecular flexibility index (Phi) is 21.5. The van der Waals surface area contributed by atoms with Crippen molar-refractivity contribution in [3.8, 4) is 0 Å². The predicted octanol–water partition coefficient (Wildman–Crippen LogP) is 7.74. The zero-order valence-electron chi connectivity index (χ0n) is 16.6. The summed E-state index contributed by atoms with van der Waals surface area (Å²) in [5.41, 5.74) is 0. The van der Waals surface area contributed by atoms with Gasteiger partial charge in [0.25, 0.3) is 0 Å². The Bertz CT molecular complexity index is 302. The van der Waals surface area contributed by atoms with Gasteiger partial charge in [-0.1, -0.05) is 92.8 Å². The van der Waals surface area contributed by atoms with E-state index in [-0.39, 0.29) is 5.97 Å². The van der Waals surface area contributed by atoms with E-state index in [1.807, 2.05) is 0 Å². The molecular formula is C22H41BrO2. The molecule has 3 heteroatoms. The summed E-state index contributed by atoms with van der Waals surface area (Å²) in [6.07, 6.45) is 24.4. The maximum absolute atomic E-state index is 11.3. The van der Waals surface area contributed by atoms with E-state index >= 15 is 0 Å². The average Bonchev–Trinajstić information content (AvgIpc) is 2.62. The number of allylic oxidation sites excluding steroid dienone is 2. The van der Waals surface area contributed by atoms with Crippen LogP contribution >= 0.6 is 15.9 Å². The van der Waals surface area contributed by atoms with Crippen LogP contribution in [0.15, 0.2) is 12.2 Å². The highest BCUT2D eigenvalue weighted by atomic mass is 79.9. The van der Waals surface area contributed by atoms with Crippen molar-refractivity contribution in [3.05, 3.63) is 12.2 Å². The molecule has 2 nitrogen and oxygen atoms in total. The van der Waals surface area contributed by atoms with E-state index in [1.165, 1.54) is 83.5 Å². The first kappa shape index (κ1) is 24.7. The van der Waals surface area contributed by atoms with Crippen molar-refractivity contribution in [2.45, 2.75) is 110 Å². The molecule has 0 saturated heterocycles. The number of carbonyl (C=O) groups excluding carboxylic acids is 1. The lowest BCUT2D eigenvalue weighted by atomic mass is 10.1. The summed E-state index contributed by atoms with van der Waals surface area (Å²) in [4.78, 5) is 11.3. The lowest BCUT2D eigenvalue weighted by Gasteiger charge is -2.04. The van der Waals surface area contributed by atoms with Crippen molar-refractivity contribution >= 4 is 21.9 Å². The van der Waals surface area contributed by atoms with Gasteiger partial charge in [0.1, 0.15) is 0 Å². The molecule has 0 aromatic rings. The summed E-state index contributed by atoms with van der Waals surface area (Å²) >= 11 is 3.32. The minimum absolute atomic E-state index is 0.0489. The maximum atomic E-state index is 11.3. The number of halogens is 1. The summed E-state index contributed by atoms with van der Waals surface area (Å²) < 4.78 is 5.19. The summed E-state index contributed by atoms with van der Waals surface area (Å²) in [5.74, 6) is -0.0489. The van der Waals surface area contributed by atoms with Crippen molar-refractivity contribution in [2.75, 3.05) is 11.9 Å². The normalized spacial score (nSPS) is 11.3. The molecule has 0 radical (unpaired) electrons. The second-order valence-electron chi connectivity index (χ2n) is 6.95. The summed E-state index contributed by atoms with van der Waals surface area (Å²) in [6.45, 7) is 2.87. The zero-order valence-corrected chi connectivity index (χ0v) is 18.2. The molecule has 25 heavy (non-hydrogen) atoms. The molecule has 0 amide bonds. The van der Waals surface area contributed by atoms with Crippen LogP contribution in [0.25, 0.3) is 0 Å². The van der Waals surface area contributed by atoms with E-state index in [9.17, 15) is 4.79 Å². The molecule has 0 heterocycles. The van der Waals surface area contributed by atoms with Crippen LogP contribution in [0.2, 0.25) is 0 Å². The molecule has 0 bridgehead atoms. The SMILES string of the molecule is CCCCCCCC/C=C\CCCCCCCCOC(=O)CCCBr. The molecule has 0 saturated carbocycles. The third-order valence-corrected chi connectivity index (χ3v) is 4.99. The fraction of sp³-hybridized carbons (Fsp3) is 0.864. The second kappa shape index (κ2) is 21.7. The van der Waals surface area contributed by atoms with Crippen LogP contribution in [0.4, 0.5) is 0 Å². The lowest BCUT2D eigenvalue weighted by Crippen LogP contribution is -2.05. The Morgan fingerprint density at radius 2 is 1.28 bits per heavy atom. The molecule has 0 aliphatic heterocycles. The number of unbranched alkanes of at least 4 members (excludes halogenated alkanes) is 12. The van der Waals surface area contributed by atoms with Crippen molar-refractivity contribution < 1.29 is 9.53 Å². The Morgan fingerprint density at radius 3 is 1.84 bits per heavy atom. The molecule has 0 aliphatic carbocycles. The standard InChI is InChI=1S/C22H41BrO2/c1-2-3-4-5-6-7-8-9-10-11-12-13-14-15-16-17-21-25-22(24)19-18-20-23/h9-10H,2-8,11-21H2,1H3/b10-9-. The molecular weight excluding hydrogens is 376 g/mol. The van der Waals surface area contributed by atoms with Crippen molar-refractivity contribution in [1.82, 2.24) is 0 Å². The summed E-state index contributed by atoms with van der Waals surface area (Å²) in [7, 11) is 0. The highest BCUT2D eigenvalue weighted by Crippen LogP contribution is 2.10. The van der Waals surface area contributed by atoms with Gasteiger partial charge in [0.2, 0.25) is 0 Å². The minimum Gasteiger partial charge on any atom is -0.466 e. The van der Waals surface area contributed by atoms with Crippen molar-refractivity contribution in [3.63, 3.8) is 0 Å². The number of hydrogen-bond donors (Lipinski definition) is 0. The van der Waals surface area contributed by atoms with E-state index < -0.39 is 0 Å². The van der Waals surface area contributed by atoms with E-state index in [0.717, 1.165) is 18.2 Å². The number of rotatable bonds is 19. The van der Waals surface area contributed by atoms with Crippen LogP contribution in [-0.4, -0.2) is 17.9 Å². The zero-order chi connectivity index (χ0) is 18.4. The minimum atomic E-state index is -0.0489. The molecule has 0 aliphatic rings. The Balaban J connectivity index is 3.13. The molecule has 0 fully saturated rings. The van der Waals surface area contributed by atoms with Gasteiger partial charge in [0.05, 0.1) is 6.61 Å². The second-order valence-corrected chi connectivity index (χ2v) is 7.74. The largest absolute Gasteiger partial charge is 0.466 e. The maximum Gasteiger partial charge on any atom is 0.305 e. The highest BCUT2D eigenvalue weighted by molar-refractivity contribution is 9.09. The van der Waals surface area contributed by atoms with E-state index in [4.69, 9.17) is 4.74 Å². The van der Waals surface area contributed by atoms with Crippen molar-refractivity contribution in [1.29, 1.82) is 0 Å². The van der Waals surface area contributed by atoms with Crippen LogP contribution in [0.1, 0.15) is 110 Å². The molecule has 0 N–H and O–H groups in total. The predicted molar refractivity (Wildman–Crippen MR) is 113 cm³/mol. The number of ether oxygens (including phenoxy) is 1. The molecule has 0 aromatic carbocycles. The van der Waals surface area contributed by atoms with Crippen LogP contribution in [0.3, 0.4) is 0 Å². The van der Waals surface area contributed by atoms with Gasteiger partial charge in [-0.3, -0.25) is 4.79 Å². The summed E-state index contributed by atoms with van der Waals surface area (Å²) in [5, 5.41) is 0.871. The van der Waals surface area contributed by atoms with Gasteiger partial charge in [0.15, 0.2) is 0 Å². The average molecular weight is 417 g/mol. The lowest BCUT2D eigenvalue weighted by molar-refractivity contribution is -0.143. The first-order valence-corrected chi connectivity index (χ1v) is 11.8. The number of alkyl halides is 1. The van der Waals surface area contributed by atoms with Gasteiger partial charge < -0.3 is 4.74 Å². The Morgan fingerprint density at radius 1 is 0.760 bits per heavy atom. The van der Waals surface area contributed by atoms with E-state index in [2.05, 4.69) is 35.0 Å². The van der Waals surface area contributed by atoms with Crippen LogP contribution in [0, 0.1) is 0 Å². The third kappa shape index (κ3) is 21.6. The molecule has 0 spiro atoms. The smallest absolute Gasteiger partial charge is 0.305 e. The first-order valence-electron chi connectivity index (χ1n) is 10.7.